The van der Waals surface area contributed by atoms with Gasteiger partial charge in [-0.05, 0) is 75.1 Å². The highest BCUT2D eigenvalue weighted by Gasteiger charge is 2.16. The zero-order chi connectivity index (χ0) is 20.7. The second-order valence-electron chi connectivity index (χ2n) is 7.23. The SMILES string of the molecule is C=CC(=O)OCCCCCCOc1ccc(/C=C/C(=O)OC2CCCCC2)cc1. The zero-order valence-corrected chi connectivity index (χ0v) is 17.1. The van der Waals surface area contributed by atoms with Crippen molar-refractivity contribution in [1.29, 1.82) is 0 Å². The maximum Gasteiger partial charge on any atom is 0.331 e. The average Bonchev–Trinajstić information content (AvgIpc) is 2.75. The summed E-state index contributed by atoms with van der Waals surface area (Å²) in [5, 5.41) is 0. The Labute approximate surface area is 173 Å². The number of rotatable bonds is 12. The van der Waals surface area contributed by atoms with Crippen LogP contribution in [0.2, 0.25) is 0 Å². The molecule has 0 aromatic heterocycles. The van der Waals surface area contributed by atoms with Crippen LogP contribution in [-0.2, 0) is 19.1 Å². The van der Waals surface area contributed by atoms with Gasteiger partial charge in [-0.3, -0.25) is 0 Å². The molecule has 0 unspecified atom stereocenters. The second-order valence-corrected chi connectivity index (χ2v) is 7.23. The molecule has 29 heavy (non-hydrogen) atoms. The van der Waals surface area contributed by atoms with Crippen LogP contribution >= 0.6 is 0 Å². The molecule has 1 aromatic rings. The van der Waals surface area contributed by atoms with E-state index in [0.717, 1.165) is 62.7 Å². The molecule has 1 fully saturated rings. The summed E-state index contributed by atoms with van der Waals surface area (Å²) in [5.74, 6) is 0.177. The maximum atomic E-state index is 11.9. The number of hydrogen-bond acceptors (Lipinski definition) is 5. The van der Waals surface area contributed by atoms with Gasteiger partial charge in [0.2, 0.25) is 0 Å². The first-order valence-corrected chi connectivity index (χ1v) is 10.6. The molecule has 0 saturated heterocycles. The smallest absolute Gasteiger partial charge is 0.331 e. The van der Waals surface area contributed by atoms with Crippen molar-refractivity contribution in [2.45, 2.75) is 63.9 Å². The van der Waals surface area contributed by atoms with Gasteiger partial charge in [-0.2, -0.15) is 0 Å². The Kier molecular flexibility index (Phi) is 10.6. The number of ether oxygens (including phenoxy) is 3. The molecule has 1 aromatic carbocycles. The Bertz CT molecular complexity index is 656. The molecule has 0 bridgehead atoms. The number of benzene rings is 1. The van der Waals surface area contributed by atoms with Crippen molar-refractivity contribution in [2.24, 2.45) is 0 Å². The fourth-order valence-corrected chi connectivity index (χ4v) is 3.21. The molecule has 1 saturated carbocycles. The summed E-state index contributed by atoms with van der Waals surface area (Å²) in [5.41, 5.74) is 0.937. The minimum atomic E-state index is -0.368. The molecule has 0 radical (unpaired) electrons. The molecule has 2 rings (SSSR count). The zero-order valence-electron chi connectivity index (χ0n) is 17.1. The molecule has 1 aliphatic rings. The van der Waals surface area contributed by atoms with Gasteiger partial charge in [-0.1, -0.05) is 25.1 Å². The quantitative estimate of drug-likeness (QED) is 0.273. The van der Waals surface area contributed by atoms with Crippen LogP contribution in [0.1, 0.15) is 63.4 Å². The first kappa shape index (κ1) is 22.7. The molecule has 0 aliphatic heterocycles. The van der Waals surface area contributed by atoms with Crippen molar-refractivity contribution in [1.82, 2.24) is 0 Å². The number of unbranched alkanes of at least 4 members (excludes halogenated alkanes) is 3. The van der Waals surface area contributed by atoms with Gasteiger partial charge >= 0.3 is 11.9 Å². The van der Waals surface area contributed by atoms with E-state index in [0.29, 0.717) is 13.2 Å². The first-order chi connectivity index (χ1) is 14.2. The van der Waals surface area contributed by atoms with E-state index < -0.39 is 0 Å². The number of hydrogen-bond donors (Lipinski definition) is 0. The van der Waals surface area contributed by atoms with Crippen LogP contribution in [0.25, 0.3) is 6.08 Å². The van der Waals surface area contributed by atoms with Gasteiger partial charge in [0.15, 0.2) is 0 Å². The van der Waals surface area contributed by atoms with Crippen LogP contribution in [0.3, 0.4) is 0 Å². The van der Waals surface area contributed by atoms with E-state index in [1.54, 1.807) is 6.08 Å². The van der Waals surface area contributed by atoms with Gasteiger partial charge < -0.3 is 14.2 Å². The van der Waals surface area contributed by atoms with E-state index in [9.17, 15) is 9.59 Å². The Hall–Kier alpha value is -2.56. The minimum absolute atomic E-state index is 0.0823. The lowest BCUT2D eigenvalue weighted by molar-refractivity contribution is -0.144. The molecule has 158 valence electrons. The van der Waals surface area contributed by atoms with E-state index >= 15 is 0 Å². The van der Waals surface area contributed by atoms with Gasteiger partial charge in [0, 0.05) is 12.2 Å². The van der Waals surface area contributed by atoms with Crippen molar-refractivity contribution < 1.29 is 23.8 Å². The first-order valence-electron chi connectivity index (χ1n) is 10.6. The van der Waals surface area contributed by atoms with Crippen molar-refractivity contribution in [3.63, 3.8) is 0 Å². The largest absolute Gasteiger partial charge is 0.494 e. The van der Waals surface area contributed by atoms with Crippen LogP contribution in [0.5, 0.6) is 5.75 Å². The number of carbonyl (C=O) groups is 2. The molecule has 0 spiro atoms. The van der Waals surface area contributed by atoms with Crippen LogP contribution in [0, 0.1) is 0 Å². The van der Waals surface area contributed by atoms with Gasteiger partial charge in [0.1, 0.15) is 11.9 Å². The fraction of sp³-hybridized carbons (Fsp3) is 0.500. The van der Waals surface area contributed by atoms with Gasteiger partial charge in [0.25, 0.3) is 0 Å². The topological polar surface area (TPSA) is 61.8 Å². The number of esters is 2. The van der Waals surface area contributed by atoms with Crippen molar-refractivity contribution >= 4 is 18.0 Å². The third-order valence-corrected chi connectivity index (χ3v) is 4.85. The summed E-state index contributed by atoms with van der Waals surface area (Å²) in [6.07, 6.45) is 13.8. The van der Waals surface area contributed by atoms with Crippen molar-refractivity contribution in [3.05, 3.63) is 48.6 Å². The van der Waals surface area contributed by atoms with E-state index in [2.05, 4.69) is 6.58 Å². The van der Waals surface area contributed by atoms with E-state index in [1.165, 1.54) is 18.6 Å². The standard InChI is InChI=1S/C24H32O5/c1-2-23(25)28-19-9-4-3-8-18-27-21-15-12-20(13-16-21)14-17-24(26)29-22-10-6-5-7-11-22/h2,12-17,22H,1,3-11,18-19H2/b17-14+. The minimum Gasteiger partial charge on any atom is -0.494 e. The van der Waals surface area contributed by atoms with Gasteiger partial charge in [-0.25, -0.2) is 9.59 Å². The average molecular weight is 401 g/mol. The maximum absolute atomic E-state index is 11.9. The molecule has 1 aliphatic carbocycles. The van der Waals surface area contributed by atoms with Gasteiger partial charge in [0.05, 0.1) is 13.2 Å². The lowest BCUT2D eigenvalue weighted by atomic mass is 9.98. The summed E-state index contributed by atoms with van der Waals surface area (Å²) in [7, 11) is 0. The van der Waals surface area contributed by atoms with Crippen LogP contribution < -0.4 is 4.74 Å². The normalized spacial score (nSPS) is 14.5. The summed E-state index contributed by atoms with van der Waals surface area (Å²) in [6.45, 7) is 4.45. The van der Waals surface area contributed by atoms with Crippen molar-refractivity contribution in [2.75, 3.05) is 13.2 Å². The summed E-state index contributed by atoms with van der Waals surface area (Å²) in [4.78, 5) is 22.8. The van der Waals surface area contributed by atoms with Crippen LogP contribution in [-0.4, -0.2) is 31.3 Å². The Balaban J connectivity index is 1.57. The Morgan fingerprint density at radius 3 is 2.31 bits per heavy atom. The summed E-state index contributed by atoms with van der Waals surface area (Å²) >= 11 is 0. The number of carbonyl (C=O) groups excluding carboxylic acids is 2. The highest BCUT2D eigenvalue weighted by molar-refractivity contribution is 5.87. The lowest BCUT2D eigenvalue weighted by Crippen LogP contribution is -2.19. The Morgan fingerprint density at radius 1 is 0.931 bits per heavy atom. The summed E-state index contributed by atoms with van der Waals surface area (Å²) < 4.78 is 16.1. The highest BCUT2D eigenvalue weighted by atomic mass is 16.5. The third-order valence-electron chi connectivity index (χ3n) is 4.85. The molecular weight excluding hydrogens is 368 g/mol. The van der Waals surface area contributed by atoms with Crippen LogP contribution in [0.15, 0.2) is 43.0 Å². The van der Waals surface area contributed by atoms with E-state index in [1.807, 2.05) is 24.3 Å². The second kappa shape index (κ2) is 13.6. The predicted molar refractivity (Wildman–Crippen MR) is 114 cm³/mol. The fourth-order valence-electron chi connectivity index (χ4n) is 3.21. The molecule has 5 heteroatoms. The molecule has 0 N–H and O–H groups in total. The molecule has 0 atom stereocenters. The summed E-state index contributed by atoms with van der Waals surface area (Å²) in [6, 6.07) is 7.66. The lowest BCUT2D eigenvalue weighted by Gasteiger charge is -2.20. The molecule has 0 heterocycles. The molecule has 5 nitrogen and oxygen atoms in total. The molecule has 0 amide bonds. The predicted octanol–water partition coefficient (Wildman–Crippen LogP) is 5.24. The molecular formula is C24H32O5. The Morgan fingerprint density at radius 2 is 1.62 bits per heavy atom. The van der Waals surface area contributed by atoms with Crippen molar-refractivity contribution in [3.8, 4) is 5.75 Å². The van der Waals surface area contributed by atoms with E-state index in [-0.39, 0.29) is 18.0 Å². The van der Waals surface area contributed by atoms with Gasteiger partial charge in [-0.15, -0.1) is 0 Å². The monoisotopic (exact) mass is 400 g/mol. The van der Waals surface area contributed by atoms with E-state index in [4.69, 9.17) is 14.2 Å². The third kappa shape index (κ3) is 9.97. The highest BCUT2D eigenvalue weighted by Crippen LogP contribution is 2.20. The van der Waals surface area contributed by atoms with Crippen LogP contribution in [0.4, 0.5) is 0 Å².